The van der Waals surface area contributed by atoms with Gasteiger partial charge in [0.25, 0.3) is 0 Å². The maximum atomic E-state index is 13.7. The van der Waals surface area contributed by atoms with Gasteiger partial charge in [-0.25, -0.2) is 4.39 Å². The molecule has 100 valence electrons. The van der Waals surface area contributed by atoms with Crippen LogP contribution in [-0.4, -0.2) is 5.91 Å². The van der Waals surface area contributed by atoms with Crippen LogP contribution < -0.4 is 11.1 Å². The number of nitrogens with two attached hydrogens (primary N) is 1. The average molecular weight is 327 g/mol. The van der Waals surface area contributed by atoms with Crippen LogP contribution in [0, 0.1) is 5.82 Å². The van der Waals surface area contributed by atoms with E-state index >= 15 is 0 Å². The summed E-state index contributed by atoms with van der Waals surface area (Å²) in [6, 6.07) is 7.21. The van der Waals surface area contributed by atoms with Crippen molar-refractivity contribution in [1.29, 1.82) is 0 Å². The van der Waals surface area contributed by atoms with Crippen molar-refractivity contribution in [2.24, 2.45) is 5.73 Å². The van der Waals surface area contributed by atoms with Crippen molar-refractivity contribution in [3.63, 3.8) is 0 Å². The Hall–Kier alpha value is -1.82. The lowest BCUT2D eigenvalue weighted by Gasteiger charge is -2.14. The summed E-state index contributed by atoms with van der Waals surface area (Å²) < 4.78 is 19.6. The number of amides is 1. The number of nitrogens with one attached hydrogen (secondary N) is 1. The molecule has 19 heavy (non-hydrogen) atoms. The lowest BCUT2D eigenvalue weighted by atomic mass is 10.1. The number of carbonyl (C=O) groups excluding carboxylic acids is 1. The summed E-state index contributed by atoms with van der Waals surface area (Å²) in [4.78, 5) is 11.1. The highest BCUT2D eigenvalue weighted by Gasteiger charge is 2.13. The largest absolute Gasteiger partial charge is 0.452 e. The van der Waals surface area contributed by atoms with Gasteiger partial charge in [-0.15, -0.1) is 0 Å². The summed E-state index contributed by atoms with van der Waals surface area (Å²) in [5.74, 6) is -0.408. The predicted molar refractivity (Wildman–Crippen MR) is 73.4 cm³/mol. The average Bonchev–Trinajstić information content (AvgIpc) is 2.78. The minimum absolute atomic E-state index is 0.205. The Morgan fingerprint density at radius 3 is 2.74 bits per heavy atom. The number of benzene rings is 1. The first-order valence-electron chi connectivity index (χ1n) is 5.58. The lowest BCUT2D eigenvalue weighted by molar-refractivity contribution is 0.100. The van der Waals surface area contributed by atoms with E-state index < -0.39 is 11.7 Å². The summed E-state index contributed by atoms with van der Waals surface area (Å²) in [6.07, 6.45) is 0. The molecule has 0 spiro atoms. The van der Waals surface area contributed by atoms with Crippen LogP contribution in [0.1, 0.15) is 29.1 Å². The zero-order valence-corrected chi connectivity index (χ0v) is 11.7. The molecule has 1 atom stereocenters. The number of halogens is 2. The number of hydrogen-bond acceptors (Lipinski definition) is 3. The Morgan fingerprint density at radius 2 is 2.16 bits per heavy atom. The summed E-state index contributed by atoms with van der Waals surface area (Å²) in [5, 5.41) is 2.94. The topological polar surface area (TPSA) is 68.3 Å². The minimum atomic E-state index is -0.601. The molecule has 2 aromatic rings. The molecule has 0 aliphatic heterocycles. The summed E-state index contributed by atoms with van der Waals surface area (Å²) in [5.41, 5.74) is 5.62. The molecule has 1 heterocycles. The molecule has 4 nitrogen and oxygen atoms in total. The summed E-state index contributed by atoms with van der Waals surface area (Å²) >= 11 is 3.20. The number of anilines is 1. The molecule has 0 radical (unpaired) electrons. The van der Waals surface area contributed by atoms with Crippen molar-refractivity contribution in [3.05, 3.63) is 52.1 Å². The molecule has 1 aromatic heterocycles. The molecule has 1 aromatic carbocycles. The third kappa shape index (κ3) is 3.14. The molecule has 0 aliphatic carbocycles. The van der Waals surface area contributed by atoms with Crippen molar-refractivity contribution in [2.45, 2.75) is 13.0 Å². The molecule has 1 unspecified atom stereocenters. The van der Waals surface area contributed by atoms with Crippen molar-refractivity contribution in [1.82, 2.24) is 0 Å². The van der Waals surface area contributed by atoms with Gasteiger partial charge >= 0.3 is 0 Å². The zero-order valence-electron chi connectivity index (χ0n) is 10.1. The van der Waals surface area contributed by atoms with E-state index in [0.29, 0.717) is 10.4 Å². The fraction of sp³-hybridized carbons (Fsp3) is 0.154. The second kappa shape index (κ2) is 5.44. The van der Waals surface area contributed by atoms with Crippen LogP contribution >= 0.6 is 15.9 Å². The van der Waals surface area contributed by atoms with Gasteiger partial charge in [0.2, 0.25) is 5.91 Å². The number of hydrogen-bond donors (Lipinski definition) is 2. The standard InChI is InChI=1S/C13H12BrFN2O2/c1-7(11-4-5-12(14)19-11)17-10-6-8(13(16)18)2-3-9(10)15/h2-7,17H,1H3,(H2,16,18). The first kappa shape index (κ1) is 13.6. The van der Waals surface area contributed by atoms with Gasteiger partial charge < -0.3 is 15.5 Å². The van der Waals surface area contributed by atoms with Gasteiger partial charge in [-0.05, 0) is 53.2 Å². The number of rotatable bonds is 4. The van der Waals surface area contributed by atoms with Gasteiger partial charge in [0, 0.05) is 5.56 Å². The second-order valence-electron chi connectivity index (χ2n) is 4.07. The molecule has 2 rings (SSSR count). The van der Waals surface area contributed by atoms with Gasteiger partial charge in [-0.3, -0.25) is 4.79 Å². The zero-order chi connectivity index (χ0) is 14.0. The molecule has 6 heteroatoms. The lowest BCUT2D eigenvalue weighted by Crippen LogP contribution is -2.13. The van der Waals surface area contributed by atoms with Gasteiger partial charge in [0.15, 0.2) is 4.67 Å². The fourth-order valence-corrected chi connectivity index (χ4v) is 1.97. The van der Waals surface area contributed by atoms with Gasteiger partial charge in [-0.1, -0.05) is 0 Å². The van der Waals surface area contributed by atoms with E-state index in [4.69, 9.17) is 10.2 Å². The van der Waals surface area contributed by atoms with Gasteiger partial charge in [0.05, 0.1) is 11.7 Å². The van der Waals surface area contributed by atoms with Crippen LogP contribution in [0.3, 0.4) is 0 Å². The molecule has 0 aliphatic rings. The highest BCUT2D eigenvalue weighted by atomic mass is 79.9. The van der Waals surface area contributed by atoms with E-state index in [2.05, 4.69) is 21.2 Å². The van der Waals surface area contributed by atoms with E-state index in [9.17, 15) is 9.18 Å². The van der Waals surface area contributed by atoms with Crippen LogP contribution in [0.5, 0.6) is 0 Å². The molecule has 0 bridgehead atoms. The molecule has 0 saturated heterocycles. The van der Waals surface area contributed by atoms with Crippen molar-refractivity contribution in [3.8, 4) is 0 Å². The predicted octanol–water partition coefficient (Wildman–Crippen LogP) is 3.45. The van der Waals surface area contributed by atoms with Gasteiger partial charge in [-0.2, -0.15) is 0 Å². The number of furan rings is 1. The van der Waals surface area contributed by atoms with E-state index in [-0.39, 0.29) is 17.3 Å². The van der Waals surface area contributed by atoms with Crippen molar-refractivity contribution < 1.29 is 13.6 Å². The highest BCUT2D eigenvalue weighted by Crippen LogP contribution is 2.25. The van der Waals surface area contributed by atoms with Crippen LogP contribution in [0.15, 0.2) is 39.4 Å². The Bertz CT molecular complexity index is 612. The van der Waals surface area contributed by atoms with E-state index in [1.807, 2.05) is 6.92 Å². The van der Waals surface area contributed by atoms with Crippen molar-refractivity contribution in [2.75, 3.05) is 5.32 Å². The van der Waals surface area contributed by atoms with Crippen LogP contribution in [0.2, 0.25) is 0 Å². The number of carbonyl (C=O) groups is 1. The maximum Gasteiger partial charge on any atom is 0.248 e. The molecule has 1 amide bonds. The Balaban J connectivity index is 2.22. The smallest absolute Gasteiger partial charge is 0.248 e. The quantitative estimate of drug-likeness (QED) is 0.904. The van der Waals surface area contributed by atoms with Crippen LogP contribution in [0.25, 0.3) is 0 Å². The number of primary amides is 1. The van der Waals surface area contributed by atoms with E-state index in [0.717, 1.165) is 0 Å². The Morgan fingerprint density at radius 1 is 1.42 bits per heavy atom. The molecule has 0 saturated carbocycles. The van der Waals surface area contributed by atoms with E-state index in [1.165, 1.54) is 18.2 Å². The SMILES string of the molecule is CC(Nc1cc(C(N)=O)ccc1F)c1ccc(Br)o1. The summed E-state index contributed by atoms with van der Waals surface area (Å²) in [6.45, 7) is 1.82. The first-order chi connectivity index (χ1) is 8.97. The van der Waals surface area contributed by atoms with E-state index in [1.54, 1.807) is 12.1 Å². The minimum Gasteiger partial charge on any atom is -0.452 e. The Labute approximate surface area is 117 Å². The molecule has 3 N–H and O–H groups in total. The Kier molecular flexibility index (Phi) is 3.90. The fourth-order valence-electron chi connectivity index (χ4n) is 1.65. The monoisotopic (exact) mass is 326 g/mol. The van der Waals surface area contributed by atoms with Crippen LogP contribution in [0.4, 0.5) is 10.1 Å². The second-order valence-corrected chi connectivity index (χ2v) is 4.85. The third-order valence-corrected chi connectivity index (χ3v) is 3.07. The van der Waals surface area contributed by atoms with Gasteiger partial charge in [0.1, 0.15) is 11.6 Å². The normalized spacial score (nSPS) is 12.2. The third-order valence-electron chi connectivity index (χ3n) is 2.64. The van der Waals surface area contributed by atoms with Crippen LogP contribution in [-0.2, 0) is 0 Å². The van der Waals surface area contributed by atoms with Crippen molar-refractivity contribution >= 4 is 27.5 Å². The molecular formula is C13H12BrFN2O2. The highest BCUT2D eigenvalue weighted by molar-refractivity contribution is 9.10. The molecule has 0 fully saturated rings. The maximum absolute atomic E-state index is 13.7. The molecular weight excluding hydrogens is 315 g/mol. The summed E-state index contributed by atoms with van der Waals surface area (Å²) in [7, 11) is 0. The first-order valence-corrected chi connectivity index (χ1v) is 6.38.